The summed E-state index contributed by atoms with van der Waals surface area (Å²) in [6.07, 6.45) is 1.77. The van der Waals surface area contributed by atoms with E-state index in [1.54, 1.807) is 18.2 Å². The van der Waals surface area contributed by atoms with Crippen LogP contribution < -0.4 is 5.32 Å². The van der Waals surface area contributed by atoms with E-state index in [2.05, 4.69) is 5.32 Å². The summed E-state index contributed by atoms with van der Waals surface area (Å²) >= 11 is 5.76. The van der Waals surface area contributed by atoms with E-state index in [1.165, 1.54) is 6.26 Å². The van der Waals surface area contributed by atoms with Crippen LogP contribution >= 0.6 is 11.6 Å². The first-order valence-electron chi connectivity index (χ1n) is 5.25. The Morgan fingerprint density at radius 2 is 2.12 bits per heavy atom. The van der Waals surface area contributed by atoms with Crippen LogP contribution in [0, 0.1) is 0 Å². The van der Waals surface area contributed by atoms with Gasteiger partial charge in [-0.15, -0.1) is 0 Å². The number of aromatic hydroxyl groups is 1. The number of hydrogen-bond acceptors (Lipinski definition) is 4. The molecule has 1 aromatic rings. The lowest BCUT2D eigenvalue weighted by atomic mass is 10.2. The third-order valence-corrected chi connectivity index (χ3v) is 3.59. The monoisotopic (exact) mass is 277 g/mol. The van der Waals surface area contributed by atoms with Crippen LogP contribution in [0.4, 0.5) is 0 Å². The molecule has 4 nitrogen and oxygen atoms in total. The lowest BCUT2D eigenvalue weighted by Crippen LogP contribution is -2.17. The lowest BCUT2D eigenvalue weighted by molar-refractivity contribution is 0.464. The van der Waals surface area contributed by atoms with Gasteiger partial charge in [0.15, 0.2) is 0 Å². The third kappa shape index (κ3) is 5.39. The molecule has 0 bridgehead atoms. The molecular weight excluding hydrogens is 262 g/mol. The normalized spacial score (nSPS) is 11.6. The fourth-order valence-corrected chi connectivity index (χ4v) is 2.25. The quantitative estimate of drug-likeness (QED) is 0.775. The van der Waals surface area contributed by atoms with Crippen LogP contribution in [-0.4, -0.2) is 32.1 Å². The molecule has 0 amide bonds. The Kier molecular flexibility index (Phi) is 5.24. The molecular formula is C11H16ClNO3S. The molecule has 0 spiro atoms. The molecule has 0 heterocycles. The van der Waals surface area contributed by atoms with Crippen LogP contribution in [0.2, 0.25) is 5.02 Å². The van der Waals surface area contributed by atoms with Crippen molar-refractivity contribution in [1.82, 2.24) is 5.32 Å². The molecule has 2 N–H and O–H groups in total. The van der Waals surface area contributed by atoms with Gasteiger partial charge in [-0.3, -0.25) is 0 Å². The molecule has 0 saturated carbocycles. The topological polar surface area (TPSA) is 66.4 Å². The molecule has 0 aromatic heterocycles. The minimum absolute atomic E-state index is 0.0739. The fourth-order valence-electron chi connectivity index (χ4n) is 1.39. The largest absolute Gasteiger partial charge is 0.506 e. The standard InChI is InChI=1S/C11H16ClNO3S/c1-17(15,16)7-3-6-13-8-9-4-2-5-10(12)11(9)14/h2,4-5,13-14H,3,6-8H2,1H3. The maximum atomic E-state index is 10.9. The molecule has 1 aromatic carbocycles. The van der Waals surface area contributed by atoms with Crippen molar-refractivity contribution in [2.75, 3.05) is 18.6 Å². The van der Waals surface area contributed by atoms with Crippen LogP contribution in [0.1, 0.15) is 12.0 Å². The average Bonchev–Trinajstić information content (AvgIpc) is 2.22. The highest BCUT2D eigenvalue weighted by Crippen LogP contribution is 2.26. The van der Waals surface area contributed by atoms with Crippen LogP contribution in [0.5, 0.6) is 5.75 Å². The number of phenols is 1. The van der Waals surface area contributed by atoms with E-state index < -0.39 is 9.84 Å². The van der Waals surface area contributed by atoms with Gasteiger partial charge in [0, 0.05) is 18.4 Å². The second-order valence-electron chi connectivity index (χ2n) is 3.91. The number of para-hydroxylation sites is 1. The smallest absolute Gasteiger partial charge is 0.147 e. The Bertz CT molecular complexity index is 474. The maximum absolute atomic E-state index is 10.9. The van der Waals surface area contributed by atoms with Gasteiger partial charge in [0.2, 0.25) is 0 Å². The number of halogens is 1. The number of phenolic OH excluding ortho intramolecular Hbond substituents is 1. The van der Waals surface area contributed by atoms with Crippen molar-refractivity contribution in [1.29, 1.82) is 0 Å². The summed E-state index contributed by atoms with van der Waals surface area (Å²) in [5, 5.41) is 13.0. The highest BCUT2D eigenvalue weighted by molar-refractivity contribution is 7.90. The van der Waals surface area contributed by atoms with Gasteiger partial charge in [0.25, 0.3) is 0 Å². The number of hydrogen-bond donors (Lipinski definition) is 2. The first-order chi connectivity index (χ1) is 7.90. The van der Waals surface area contributed by atoms with Crippen LogP contribution in [-0.2, 0) is 16.4 Å². The van der Waals surface area contributed by atoms with E-state index in [9.17, 15) is 13.5 Å². The SMILES string of the molecule is CS(=O)(=O)CCCNCc1cccc(Cl)c1O. The molecule has 0 aliphatic heterocycles. The Morgan fingerprint density at radius 3 is 2.76 bits per heavy atom. The van der Waals surface area contributed by atoms with E-state index in [4.69, 9.17) is 11.6 Å². The molecule has 96 valence electrons. The summed E-state index contributed by atoms with van der Waals surface area (Å²) in [7, 11) is -2.89. The molecule has 0 aliphatic carbocycles. The summed E-state index contributed by atoms with van der Waals surface area (Å²) in [6.45, 7) is 1.05. The minimum Gasteiger partial charge on any atom is -0.506 e. The minimum atomic E-state index is -2.89. The molecule has 0 aliphatic rings. The van der Waals surface area contributed by atoms with Crippen molar-refractivity contribution in [3.05, 3.63) is 28.8 Å². The molecule has 0 saturated heterocycles. The number of sulfone groups is 1. The average molecular weight is 278 g/mol. The number of nitrogens with one attached hydrogen (secondary N) is 1. The van der Waals surface area contributed by atoms with Crippen LogP contribution in [0.15, 0.2) is 18.2 Å². The van der Waals surface area contributed by atoms with E-state index >= 15 is 0 Å². The molecule has 0 unspecified atom stereocenters. The van der Waals surface area contributed by atoms with E-state index in [0.717, 1.165) is 0 Å². The molecule has 0 radical (unpaired) electrons. The zero-order valence-corrected chi connectivity index (χ0v) is 11.2. The molecule has 6 heteroatoms. The summed E-state index contributed by atoms with van der Waals surface area (Å²) in [6, 6.07) is 5.14. The van der Waals surface area contributed by atoms with Crippen molar-refractivity contribution in [3.8, 4) is 5.75 Å². The van der Waals surface area contributed by atoms with Gasteiger partial charge < -0.3 is 10.4 Å². The van der Waals surface area contributed by atoms with E-state index in [0.29, 0.717) is 30.1 Å². The van der Waals surface area contributed by atoms with Crippen LogP contribution in [0.25, 0.3) is 0 Å². The second kappa shape index (κ2) is 6.23. The summed E-state index contributed by atoms with van der Waals surface area (Å²) < 4.78 is 21.8. The number of benzene rings is 1. The molecule has 0 fully saturated rings. The van der Waals surface area contributed by atoms with Crippen molar-refractivity contribution in [3.63, 3.8) is 0 Å². The molecule has 0 atom stereocenters. The Morgan fingerprint density at radius 1 is 1.41 bits per heavy atom. The highest BCUT2D eigenvalue weighted by Gasteiger charge is 2.05. The summed E-state index contributed by atoms with van der Waals surface area (Å²) in [4.78, 5) is 0. The Balaban J connectivity index is 2.34. The first-order valence-corrected chi connectivity index (χ1v) is 7.69. The Hall–Kier alpha value is -0.780. The number of rotatable bonds is 6. The van der Waals surface area contributed by atoms with Crippen molar-refractivity contribution in [2.24, 2.45) is 0 Å². The second-order valence-corrected chi connectivity index (χ2v) is 6.57. The van der Waals surface area contributed by atoms with Crippen molar-refractivity contribution in [2.45, 2.75) is 13.0 Å². The zero-order valence-electron chi connectivity index (χ0n) is 9.61. The van der Waals surface area contributed by atoms with Gasteiger partial charge in [-0.2, -0.15) is 0 Å². The predicted molar refractivity (Wildman–Crippen MR) is 69.2 cm³/mol. The van der Waals surface area contributed by atoms with Gasteiger partial charge >= 0.3 is 0 Å². The van der Waals surface area contributed by atoms with Gasteiger partial charge in [0.1, 0.15) is 15.6 Å². The van der Waals surface area contributed by atoms with Gasteiger partial charge in [-0.05, 0) is 19.0 Å². The highest BCUT2D eigenvalue weighted by atomic mass is 35.5. The van der Waals surface area contributed by atoms with Crippen molar-refractivity contribution >= 4 is 21.4 Å². The van der Waals surface area contributed by atoms with Gasteiger partial charge in [0.05, 0.1) is 10.8 Å². The molecule has 1 rings (SSSR count). The third-order valence-electron chi connectivity index (χ3n) is 2.25. The van der Waals surface area contributed by atoms with E-state index in [1.807, 2.05) is 0 Å². The van der Waals surface area contributed by atoms with Gasteiger partial charge in [-0.25, -0.2) is 8.42 Å². The predicted octanol–water partition coefficient (Wildman–Crippen LogP) is 1.57. The Labute approximate surface area is 107 Å². The van der Waals surface area contributed by atoms with Crippen LogP contribution in [0.3, 0.4) is 0 Å². The fraction of sp³-hybridized carbons (Fsp3) is 0.455. The first kappa shape index (κ1) is 14.3. The lowest BCUT2D eigenvalue weighted by Gasteiger charge is -2.07. The van der Waals surface area contributed by atoms with Crippen molar-refractivity contribution < 1.29 is 13.5 Å². The summed E-state index contributed by atoms with van der Waals surface area (Å²) in [5.74, 6) is 0.242. The van der Waals surface area contributed by atoms with Gasteiger partial charge in [-0.1, -0.05) is 23.7 Å². The molecule has 17 heavy (non-hydrogen) atoms. The zero-order chi connectivity index (χ0) is 12.9. The van der Waals surface area contributed by atoms with E-state index in [-0.39, 0.29) is 11.5 Å². The maximum Gasteiger partial charge on any atom is 0.147 e. The summed E-state index contributed by atoms with van der Waals surface area (Å²) in [5.41, 5.74) is 0.705.